The molecule has 0 radical (unpaired) electrons. The molecule has 5 heteroatoms. The number of rotatable bonds is 2. The minimum atomic E-state index is -0.259. The predicted octanol–water partition coefficient (Wildman–Crippen LogP) is 2.48. The Bertz CT molecular complexity index is 754. The van der Waals surface area contributed by atoms with E-state index in [1.54, 1.807) is 24.3 Å². The second-order valence-corrected chi connectivity index (χ2v) is 5.09. The molecule has 2 amide bonds. The monoisotopic (exact) mass is 293 g/mol. The van der Waals surface area contributed by atoms with Crippen LogP contribution in [-0.2, 0) is 4.79 Å². The number of para-hydroxylation sites is 1. The summed E-state index contributed by atoms with van der Waals surface area (Å²) in [5.41, 5.74) is 2.24. The summed E-state index contributed by atoms with van der Waals surface area (Å²) >= 11 is 0. The van der Waals surface area contributed by atoms with Crippen molar-refractivity contribution in [1.82, 2.24) is 5.32 Å². The Balaban J connectivity index is 1.76. The van der Waals surface area contributed by atoms with Crippen LogP contribution in [0.1, 0.15) is 22.3 Å². The van der Waals surface area contributed by atoms with Gasteiger partial charge in [0.05, 0.1) is 12.1 Å². The van der Waals surface area contributed by atoms with Crippen LogP contribution in [-0.4, -0.2) is 17.6 Å². The van der Waals surface area contributed by atoms with Gasteiger partial charge in [0.2, 0.25) is 0 Å². The van der Waals surface area contributed by atoms with E-state index in [0.717, 1.165) is 5.56 Å². The number of hydrazone groups is 1. The number of carbonyl (C=O) groups is 2. The summed E-state index contributed by atoms with van der Waals surface area (Å²) in [6.45, 7) is 1.92. The maximum atomic E-state index is 12.2. The van der Waals surface area contributed by atoms with Crippen LogP contribution in [0.5, 0.6) is 0 Å². The molecular formula is C17H15N3O2. The van der Waals surface area contributed by atoms with E-state index in [4.69, 9.17) is 0 Å². The van der Waals surface area contributed by atoms with E-state index in [1.165, 1.54) is 5.01 Å². The van der Waals surface area contributed by atoms with E-state index in [9.17, 15) is 9.59 Å². The molecule has 1 N–H and O–H groups in total. The van der Waals surface area contributed by atoms with E-state index >= 15 is 0 Å². The smallest absolute Gasteiger partial charge is 0.256 e. The number of carbonyl (C=O) groups excluding carboxylic acids is 2. The summed E-state index contributed by atoms with van der Waals surface area (Å²) in [4.78, 5) is 24.2. The van der Waals surface area contributed by atoms with Crippen LogP contribution < -0.4 is 10.3 Å². The molecule has 1 heterocycles. The van der Waals surface area contributed by atoms with Crippen molar-refractivity contribution >= 4 is 23.3 Å². The van der Waals surface area contributed by atoms with Crippen molar-refractivity contribution in [3.8, 4) is 0 Å². The molecule has 0 saturated carbocycles. The van der Waals surface area contributed by atoms with E-state index < -0.39 is 0 Å². The fraction of sp³-hybridized carbons (Fsp3) is 0.118. The molecular weight excluding hydrogens is 278 g/mol. The average Bonchev–Trinajstić information content (AvgIpc) is 2.88. The molecule has 0 fully saturated rings. The number of aryl methyl sites for hydroxylation is 1. The third kappa shape index (κ3) is 2.88. The molecule has 2 aromatic rings. The largest absolute Gasteiger partial charge is 0.308 e. The van der Waals surface area contributed by atoms with Gasteiger partial charge in [-0.3, -0.25) is 9.59 Å². The summed E-state index contributed by atoms with van der Waals surface area (Å²) in [5.74, 6) is -0.0590. The number of nitrogens with one attached hydrogen (secondary N) is 1. The molecule has 0 atom stereocenters. The second kappa shape index (κ2) is 5.81. The first-order valence-corrected chi connectivity index (χ1v) is 6.97. The zero-order valence-electron chi connectivity index (χ0n) is 12.1. The Morgan fingerprint density at radius 3 is 2.64 bits per heavy atom. The Morgan fingerprint density at radius 2 is 1.91 bits per heavy atom. The van der Waals surface area contributed by atoms with Crippen LogP contribution in [0.15, 0.2) is 59.7 Å². The second-order valence-electron chi connectivity index (χ2n) is 5.09. The number of nitrogens with zero attached hydrogens (tertiary/aromatic N) is 2. The Hall–Kier alpha value is -2.95. The van der Waals surface area contributed by atoms with Crippen molar-refractivity contribution in [1.29, 1.82) is 0 Å². The van der Waals surface area contributed by atoms with Gasteiger partial charge in [-0.1, -0.05) is 35.9 Å². The zero-order chi connectivity index (χ0) is 15.5. The molecule has 0 bridgehead atoms. The van der Waals surface area contributed by atoms with Crippen LogP contribution in [0, 0.1) is 6.92 Å². The number of amidine groups is 1. The van der Waals surface area contributed by atoms with Gasteiger partial charge in [0, 0.05) is 5.56 Å². The van der Waals surface area contributed by atoms with Gasteiger partial charge in [-0.25, -0.2) is 0 Å². The van der Waals surface area contributed by atoms with E-state index in [2.05, 4.69) is 10.4 Å². The van der Waals surface area contributed by atoms with E-state index in [1.807, 2.05) is 37.3 Å². The molecule has 1 aliphatic heterocycles. The highest BCUT2D eigenvalue weighted by molar-refractivity contribution is 6.17. The topological polar surface area (TPSA) is 61.8 Å². The predicted molar refractivity (Wildman–Crippen MR) is 84.6 cm³/mol. The molecule has 110 valence electrons. The van der Waals surface area contributed by atoms with Gasteiger partial charge < -0.3 is 5.32 Å². The summed E-state index contributed by atoms with van der Waals surface area (Å²) in [5, 5.41) is 8.21. The van der Waals surface area contributed by atoms with Crippen LogP contribution >= 0.6 is 0 Å². The first-order valence-electron chi connectivity index (χ1n) is 6.97. The number of hydrogen-bond donors (Lipinski definition) is 1. The van der Waals surface area contributed by atoms with Gasteiger partial charge in [0.15, 0.2) is 0 Å². The minimum absolute atomic E-state index is 0.0897. The molecule has 0 aliphatic carbocycles. The fourth-order valence-corrected chi connectivity index (χ4v) is 2.26. The molecule has 2 aromatic carbocycles. The number of hydrogen-bond acceptors (Lipinski definition) is 3. The van der Waals surface area contributed by atoms with Crippen molar-refractivity contribution in [2.24, 2.45) is 5.10 Å². The van der Waals surface area contributed by atoms with E-state index in [-0.39, 0.29) is 18.2 Å². The molecule has 0 aromatic heterocycles. The van der Waals surface area contributed by atoms with Gasteiger partial charge in [0.25, 0.3) is 11.8 Å². The Kier molecular flexibility index (Phi) is 3.70. The maximum Gasteiger partial charge on any atom is 0.256 e. The number of benzene rings is 2. The molecule has 3 rings (SSSR count). The van der Waals surface area contributed by atoms with Crippen molar-refractivity contribution in [2.75, 3.05) is 5.01 Å². The van der Waals surface area contributed by atoms with Gasteiger partial charge >= 0.3 is 0 Å². The average molecular weight is 293 g/mol. The quantitative estimate of drug-likeness (QED) is 0.924. The summed E-state index contributed by atoms with van der Waals surface area (Å²) in [6.07, 6.45) is 0.0897. The zero-order valence-corrected chi connectivity index (χ0v) is 12.1. The van der Waals surface area contributed by atoms with Crippen LogP contribution in [0.3, 0.4) is 0 Å². The molecule has 0 saturated heterocycles. The molecule has 5 nitrogen and oxygen atoms in total. The Morgan fingerprint density at radius 1 is 1.14 bits per heavy atom. The van der Waals surface area contributed by atoms with Gasteiger partial charge in [-0.2, -0.15) is 10.1 Å². The highest BCUT2D eigenvalue weighted by Gasteiger charge is 2.26. The third-order valence-corrected chi connectivity index (χ3v) is 3.31. The van der Waals surface area contributed by atoms with Crippen LogP contribution in [0.25, 0.3) is 0 Å². The lowest BCUT2D eigenvalue weighted by molar-refractivity contribution is -0.116. The first kappa shape index (κ1) is 14.0. The summed E-state index contributed by atoms with van der Waals surface area (Å²) in [7, 11) is 0. The minimum Gasteiger partial charge on any atom is -0.308 e. The van der Waals surface area contributed by atoms with Gasteiger partial charge in [-0.15, -0.1) is 0 Å². The first-order chi connectivity index (χ1) is 10.6. The molecule has 22 heavy (non-hydrogen) atoms. The van der Waals surface area contributed by atoms with Crippen molar-refractivity contribution in [3.05, 3.63) is 65.7 Å². The Labute approximate surface area is 128 Å². The molecule has 0 unspecified atom stereocenters. The SMILES string of the molecule is Cc1cccc(C(=O)NC2=NN(c3ccccc3)C(=O)C2)c1. The van der Waals surface area contributed by atoms with Crippen LogP contribution in [0.2, 0.25) is 0 Å². The fourth-order valence-electron chi connectivity index (χ4n) is 2.26. The van der Waals surface area contributed by atoms with Crippen LogP contribution in [0.4, 0.5) is 5.69 Å². The lowest BCUT2D eigenvalue weighted by atomic mass is 10.1. The van der Waals surface area contributed by atoms with Gasteiger partial charge in [-0.05, 0) is 31.2 Å². The van der Waals surface area contributed by atoms with Crippen molar-refractivity contribution in [2.45, 2.75) is 13.3 Å². The maximum absolute atomic E-state index is 12.2. The van der Waals surface area contributed by atoms with Crippen molar-refractivity contribution in [3.63, 3.8) is 0 Å². The van der Waals surface area contributed by atoms with Crippen molar-refractivity contribution < 1.29 is 9.59 Å². The highest BCUT2D eigenvalue weighted by Crippen LogP contribution is 2.19. The lowest BCUT2D eigenvalue weighted by Gasteiger charge is -2.10. The highest BCUT2D eigenvalue weighted by atomic mass is 16.2. The normalized spacial score (nSPS) is 14.0. The lowest BCUT2D eigenvalue weighted by Crippen LogP contribution is -2.29. The summed E-state index contributed by atoms with van der Waals surface area (Å²) in [6, 6.07) is 16.4. The summed E-state index contributed by atoms with van der Waals surface area (Å²) < 4.78 is 0. The van der Waals surface area contributed by atoms with Gasteiger partial charge in [0.1, 0.15) is 5.84 Å². The number of amides is 2. The molecule has 0 spiro atoms. The third-order valence-electron chi connectivity index (χ3n) is 3.31. The standard InChI is InChI=1S/C17H15N3O2/c1-12-6-5-7-13(10-12)17(22)18-15-11-16(21)20(19-15)14-8-3-2-4-9-14/h2-10H,11H2,1H3,(H,18,19,22). The van der Waals surface area contributed by atoms with E-state index in [0.29, 0.717) is 17.1 Å². The molecule has 1 aliphatic rings. The number of anilines is 1.